The zero-order valence-electron chi connectivity index (χ0n) is 9.10. The van der Waals surface area contributed by atoms with Crippen LogP contribution in [0.2, 0.25) is 0 Å². The molecule has 0 unspecified atom stereocenters. The Morgan fingerprint density at radius 3 is 2.40 bits per heavy atom. The lowest BCUT2D eigenvalue weighted by molar-refractivity contribution is -0.0526. The van der Waals surface area contributed by atoms with Gasteiger partial charge >= 0.3 is 0 Å². The van der Waals surface area contributed by atoms with Crippen molar-refractivity contribution >= 4 is 9.76 Å². The fourth-order valence-electron chi connectivity index (χ4n) is 1.13. The van der Waals surface area contributed by atoms with Crippen molar-refractivity contribution in [2.45, 2.75) is 12.3 Å². The molecule has 0 fully saturated rings. The van der Waals surface area contributed by atoms with Gasteiger partial charge in [0.25, 0.3) is 9.76 Å². The maximum atomic E-state index is 5.46. The molecule has 0 saturated carbocycles. The van der Waals surface area contributed by atoms with Gasteiger partial charge < -0.3 is 13.9 Å². The Morgan fingerprint density at radius 1 is 1.13 bits per heavy atom. The van der Waals surface area contributed by atoms with Gasteiger partial charge in [-0.2, -0.15) is 0 Å². The zero-order valence-corrected chi connectivity index (χ0v) is 10.1. The van der Waals surface area contributed by atoms with Crippen LogP contribution >= 0.6 is 0 Å². The summed E-state index contributed by atoms with van der Waals surface area (Å²) in [6.07, 6.45) is 0.925. The van der Waals surface area contributed by atoms with Crippen molar-refractivity contribution in [1.29, 1.82) is 0 Å². The molecular formula is C11H16O3Si. The SMILES string of the molecule is COC(OC)[Si]OCCc1ccccc1. The summed E-state index contributed by atoms with van der Waals surface area (Å²) in [6.45, 7) is 0.700. The summed E-state index contributed by atoms with van der Waals surface area (Å²) in [5, 5.41) is 0. The molecule has 0 aliphatic heterocycles. The van der Waals surface area contributed by atoms with Crippen LogP contribution in [0.1, 0.15) is 5.56 Å². The second-order valence-electron chi connectivity index (χ2n) is 3.01. The topological polar surface area (TPSA) is 27.7 Å². The Hall–Kier alpha value is -0.683. The highest BCUT2D eigenvalue weighted by Crippen LogP contribution is 1.99. The Bertz CT molecular complexity index is 249. The van der Waals surface area contributed by atoms with Crippen LogP contribution in [-0.4, -0.2) is 36.5 Å². The van der Waals surface area contributed by atoms with E-state index in [1.54, 1.807) is 14.2 Å². The van der Waals surface area contributed by atoms with Crippen LogP contribution in [0.15, 0.2) is 30.3 Å². The van der Waals surface area contributed by atoms with Crippen LogP contribution in [0.25, 0.3) is 0 Å². The van der Waals surface area contributed by atoms with E-state index >= 15 is 0 Å². The molecule has 0 bridgehead atoms. The Kier molecular flexibility index (Phi) is 6.27. The van der Waals surface area contributed by atoms with E-state index in [1.807, 2.05) is 18.2 Å². The van der Waals surface area contributed by atoms with Crippen molar-refractivity contribution in [2.75, 3.05) is 20.8 Å². The fourth-order valence-corrected chi connectivity index (χ4v) is 1.68. The van der Waals surface area contributed by atoms with E-state index in [-0.39, 0.29) is 15.7 Å². The lowest BCUT2D eigenvalue weighted by Gasteiger charge is -2.11. The van der Waals surface area contributed by atoms with Crippen molar-refractivity contribution in [3.63, 3.8) is 0 Å². The van der Waals surface area contributed by atoms with E-state index in [0.29, 0.717) is 6.61 Å². The van der Waals surface area contributed by atoms with E-state index in [1.165, 1.54) is 5.56 Å². The highest BCUT2D eigenvalue weighted by molar-refractivity contribution is 6.28. The van der Waals surface area contributed by atoms with Crippen LogP contribution in [0.4, 0.5) is 0 Å². The predicted octanol–water partition coefficient (Wildman–Crippen LogP) is 1.44. The van der Waals surface area contributed by atoms with Crippen LogP contribution in [0.3, 0.4) is 0 Å². The van der Waals surface area contributed by atoms with Crippen LogP contribution in [0.5, 0.6) is 0 Å². The molecule has 1 rings (SSSR count). The van der Waals surface area contributed by atoms with Gasteiger partial charge in [-0.1, -0.05) is 30.3 Å². The van der Waals surface area contributed by atoms with E-state index < -0.39 is 0 Å². The first-order valence-corrected chi connectivity index (χ1v) is 5.82. The monoisotopic (exact) mass is 224 g/mol. The molecule has 1 aromatic carbocycles. The summed E-state index contributed by atoms with van der Waals surface area (Å²) in [5.74, 6) is -0.235. The van der Waals surface area contributed by atoms with Gasteiger partial charge in [-0.25, -0.2) is 0 Å². The molecule has 0 spiro atoms. The molecule has 0 aliphatic rings. The minimum Gasteiger partial charge on any atom is -0.412 e. The molecule has 2 radical (unpaired) electrons. The predicted molar refractivity (Wildman–Crippen MR) is 59.7 cm³/mol. The van der Waals surface area contributed by atoms with Gasteiger partial charge in [0.05, 0.1) is 0 Å². The highest BCUT2D eigenvalue weighted by atomic mass is 28.2. The van der Waals surface area contributed by atoms with E-state index in [9.17, 15) is 0 Å². The third-order valence-electron chi connectivity index (χ3n) is 1.94. The smallest absolute Gasteiger partial charge is 0.299 e. The van der Waals surface area contributed by atoms with Crippen molar-refractivity contribution in [3.05, 3.63) is 35.9 Å². The first-order chi connectivity index (χ1) is 7.36. The maximum Gasteiger partial charge on any atom is 0.299 e. The molecule has 0 heterocycles. The molecule has 0 aromatic heterocycles. The molecule has 15 heavy (non-hydrogen) atoms. The molecule has 0 atom stereocenters. The zero-order chi connectivity index (χ0) is 10.9. The number of benzene rings is 1. The normalized spacial score (nSPS) is 10.9. The van der Waals surface area contributed by atoms with Gasteiger partial charge in [-0.05, 0) is 12.0 Å². The summed E-state index contributed by atoms with van der Waals surface area (Å²) in [4.78, 5) is 0. The molecule has 0 saturated heterocycles. The molecular weight excluding hydrogens is 208 g/mol. The largest absolute Gasteiger partial charge is 0.412 e. The fraction of sp³-hybridized carbons (Fsp3) is 0.455. The quantitative estimate of drug-likeness (QED) is 0.398. The third kappa shape index (κ3) is 5.08. The number of rotatable bonds is 7. The second kappa shape index (κ2) is 7.59. The lowest BCUT2D eigenvalue weighted by Crippen LogP contribution is -2.24. The van der Waals surface area contributed by atoms with Gasteiger partial charge in [-0.3, -0.25) is 0 Å². The minimum atomic E-state index is -0.235. The number of hydrogen-bond donors (Lipinski definition) is 0. The van der Waals surface area contributed by atoms with Gasteiger partial charge in [0.2, 0.25) is 0 Å². The van der Waals surface area contributed by atoms with Crippen LogP contribution < -0.4 is 0 Å². The summed E-state index contributed by atoms with van der Waals surface area (Å²) in [6, 6.07) is 10.3. The molecule has 0 aliphatic carbocycles. The van der Waals surface area contributed by atoms with Crippen molar-refractivity contribution in [3.8, 4) is 0 Å². The second-order valence-corrected chi connectivity index (χ2v) is 4.00. The summed E-state index contributed by atoms with van der Waals surface area (Å²) in [7, 11) is 3.46. The third-order valence-corrected chi connectivity index (χ3v) is 2.98. The highest BCUT2D eigenvalue weighted by Gasteiger charge is 2.07. The van der Waals surface area contributed by atoms with Crippen LogP contribution in [0, 0.1) is 0 Å². The Labute approximate surface area is 93.3 Å². The molecule has 1 aromatic rings. The minimum absolute atomic E-state index is 0.231. The Morgan fingerprint density at radius 2 is 1.80 bits per heavy atom. The number of ether oxygens (including phenoxy) is 2. The first kappa shape index (κ1) is 12.4. The van der Waals surface area contributed by atoms with Gasteiger partial charge in [0, 0.05) is 20.8 Å². The van der Waals surface area contributed by atoms with Gasteiger partial charge in [0.15, 0.2) is 5.91 Å². The van der Waals surface area contributed by atoms with Gasteiger partial charge in [-0.15, -0.1) is 0 Å². The van der Waals surface area contributed by atoms with E-state index in [4.69, 9.17) is 13.9 Å². The molecule has 0 amide bonds. The summed E-state index contributed by atoms with van der Waals surface area (Å²) < 4.78 is 15.5. The number of hydrogen-bond acceptors (Lipinski definition) is 3. The maximum absolute atomic E-state index is 5.46. The standard InChI is InChI=1S/C11H16O3Si/c1-12-11(13-2)15-14-9-8-10-6-4-3-5-7-10/h3-7,11H,8-9H2,1-2H3. The average molecular weight is 224 g/mol. The van der Waals surface area contributed by atoms with Gasteiger partial charge in [0.1, 0.15) is 0 Å². The molecule has 4 heteroatoms. The van der Waals surface area contributed by atoms with E-state index in [0.717, 1.165) is 6.42 Å². The number of methoxy groups -OCH3 is 2. The molecule has 3 nitrogen and oxygen atoms in total. The molecule has 0 N–H and O–H groups in total. The average Bonchev–Trinajstić information content (AvgIpc) is 2.31. The molecule has 82 valence electrons. The Balaban J connectivity index is 2.12. The first-order valence-electron chi connectivity index (χ1n) is 4.83. The van der Waals surface area contributed by atoms with E-state index in [2.05, 4.69) is 12.1 Å². The van der Waals surface area contributed by atoms with Crippen molar-refractivity contribution in [1.82, 2.24) is 0 Å². The van der Waals surface area contributed by atoms with Crippen molar-refractivity contribution < 1.29 is 13.9 Å². The summed E-state index contributed by atoms with van der Waals surface area (Å²) >= 11 is 0. The van der Waals surface area contributed by atoms with Crippen molar-refractivity contribution in [2.24, 2.45) is 0 Å². The lowest BCUT2D eigenvalue weighted by atomic mass is 10.2. The van der Waals surface area contributed by atoms with Crippen LogP contribution in [-0.2, 0) is 20.3 Å². The summed E-state index contributed by atoms with van der Waals surface area (Å²) in [5.41, 5.74) is 1.29.